The summed E-state index contributed by atoms with van der Waals surface area (Å²) in [5.74, 6) is 5.95. The topological polar surface area (TPSA) is 168 Å². The van der Waals surface area contributed by atoms with Crippen molar-refractivity contribution in [3.63, 3.8) is 0 Å². The molecule has 0 aromatic heterocycles. The highest BCUT2D eigenvalue weighted by Gasteiger charge is 2.37. The number of aliphatic carboxylic acids is 1. The molecule has 0 saturated carbocycles. The molecule has 0 aliphatic heterocycles. The quantitative estimate of drug-likeness (QED) is 0.242. The zero-order valence-electron chi connectivity index (χ0n) is 11.8. The van der Waals surface area contributed by atoms with Crippen LogP contribution in [-0.2, 0) is 23.9 Å². The van der Waals surface area contributed by atoms with Crippen LogP contribution in [0.1, 0.15) is 26.7 Å². The SMILES string of the molecule is CC(=O)OCCC(CN)(CCOC(C)=O)C(=O)O.NN. The molecule has 0 heterocycles. The smallest absolute Gasteiger partial charge is 0.311 e. The predicted octanol–water partition coefficient (Wildman–Crippen LogP) is -1.26. The highest BCUT2D eigenvalue weighted by atomic mass is 16.5. The first-order valence-corrected chi connectivity index (χ1v) is 5.87. The van der Waals surface area contributed by atoms with Gasteiger partial charge in [0, 0.05) is 20.4 Å². The lowest BCUT2D eigenvalue weighted by atomic mass is 9.82. The Balaban J connectivity index is 0. The first kappa shape index (κ1) is 20.6. The van der Waals surface area contributed by atoms with Crippen molar-refractivity contribution in [2.24, 2.45) is 22.8 Å². The Hall–Kier alpha value is -1.71. The number of ether oxygens (including phenoxy) is 2. The number of rotatable bonds is 8. The zero-order chi connectivity index (χ0) is 16.2. The van der Waals surface area contributed by atoms with E-state index in [2.05, 4.69) is 11.7 Å². The second kappa shape index (κ2) is 11.1. The summed E-state index contributed by atoms with van der Waals surface area (Å²) in [5, 5.41) is 9.19. The summed E-state index contributed by atoms with van der Waals surface area (Å²) in [6.07, 6.45) is 0.166. The van der Waals surface area contributed by atoms with E-state index < -0.39 is 23.3 Å². The Labute approximate surface area is 117 Å². The molecule has 0 fully saturated rings. The lowest BCUT2D eigenvalue weighted by Gasteiger charge is -2.27. The minimum absolute atomic E-state index is 0.0289. The van der Waals surface area contributed by atoms with Crippen LogP contribution >= 0.6 is 0 Å². The minimum atomic E-state index is -1.25. The van der Waals surface area contributed by atoms with Crippen molar-refractivity contribution in [1.29, 1.82) is 0 Å². The standard InChI is InChI=1S/C11H19NO6.H4N2/c1-8(13)17-5-3-11(7-12,10(15)16)4-6-18-9(2)14;1-2/h3-7,12H2,1-2H3,(H,15,16);1-2H2. The van der Waals surface area contributed by atoms with Gasteiger partial charge in [0.05, 0.1) is 18.6 Å². The number of hydrazine groups is 1. The maximum Gasteiger partial charge on any atom is 0.311 e. The molecule has 0 aliphatic rings. The summed E-state index contributed by atoms with van der Waals surface area (Å²) in [4.78, 5) is 32.5. The van der Waals surface area contributed by atoms with Gasteiger partial charge in [-0.15, -0.1) is 0 Å². The molecule has 9 nitrogen and oxygen atoms in total. The van der Waals surface area contributed by atoms with Gasteiger partial charge in [0.2, 0.25) is 0 Å². The Bertz CT molecular complexity index is 301. The van der Waals surface area contributed by atoms with Gasteiger partial charge in [-0.1, -0.05) is 0 Å². The Morgan fingerprint density at radius 1 is 1.00 bits per heavy atom. The Morgan fingerprint density at radius 3 is 1.55 bits per heavy atom. The van der Waals surface area contributed by atoms with E-state index in [-0.39, 0.29) is 32.6 Å². The number of carbonyl (C=O) groups is 3. The molecule has 0 unspecified atom stereocenters. The van der Waals surface area contributed by atoms with Crippen molar-refractivity contribution >= 4 is 17.9 Å². The number of hydrogen-bond donors (Lipinski definition) is 4. The molecule has 0 aliphatic carbocycles. The van der Waals surface area contributed by atoms with Gasteiger partial charge in [-0.05, 0) is 12.8 Å². The van der Waals surface area contributed by atoms with Crippen LogP contribution in [0, 0.1) is 5.41 Å². The second-order valence-electron chi connectivity index (χ2n) is 3.97. The van der Waals surface area contributed by atoms with E-state index in [9.17, 15) is 19.5 Å². The summed E-state index contributed by atoms with van der Waals surface area (Å²) in [6, 6.07) is 0. The van der Waals surface area contributed by atoms with Gasteiger partial charge in [0.15, 0.2) is 0 Å². The first-order chi connectivity index (χ1) is 9.34. The number of hydrogen-bond acceptors (Lipinski definition) is 8. The van der Waals surface area contributed by atoms with E-state index in [1.54, 1.807) is 0 Å². The largest absolute Gasteiger partial charge is 0.481 e. The van der Waals surface area contributed by atoms with Gasteiger partial charge in [-0.2, -0.15) is 0 Å². The fraction of sp³-hybridized carbons (Fsp3) is 0.727. The average molecular weight is 293 g/mol. The van der Waals surface area contributed by atoms with Gasteiger partial charge < -0.3 is 20.3 Å². The molecular weight excluding hydrogens is 270 g/mol. The van der Waals surface area contributed by atoms with Crippen LogP contribution < -0.4 is 17.4 Å². The maximum atomic E-state index is 11.2. The minimum Gasteiger partial charge on any atom is -0.481 e. The lowest BCUT2D eigenvalue weighted by Crippen LogP contribution is -2.41. The van der Waals surface area contributed by atoms with E-state index in [0.717, 1.165) is 0 Å². The van der Waals surface area contributed by atoms with E-state index in [1.807, 2.05) is 0 Å². The van der Waals surface area contributed by atoms with E-state index in [4.69, 9.17) is 15.2 Å². The van der Waals surface area contributed by atoms with Crippen molar-refractivity contribution in [3.8, 4) is 0 Å². The molecular formula is C11H23N3O6. The molecule has 20 heavy (non-hydrogen) atoms. The summed E-state index contributed by atoms with van der Waals surface area (Å²) >= 11 is 0. The van der Waals surface area contributed by atoms with Gasteiger partial charge >= 0.3 is 17.9 Å². The van der Waals surface area contributed by atoms with Gasteiger partial charge in [0.1, 0.15) is 0 Å². The van der Waals surface area contributed by atoms with Crippen molar-refractivity contribution in [3.05, 3.63) is 0 Å². The molecule has 0 atom stereocenters. The van der Waals surface area contributed by atoms with Crippen LogP contribution in [-0.4, -0.2) is 42.8 Å². The number of carbonyl (C=O) groups excluding carboxylic acids is 2. The third-order valence-corrected chi connectivity index (χ3v) is 2.62. The average Bonchev–Trinajstić information content (AvgIpc) is 2.38. The molecule has 0 aromatic rings. The number of carboxylic acids is 1. The van der Waals surface area contributed by atoms with Gasteiger partial charge in [-0.3, -0.25) is 26.1 Å². The summed E-state index contributed by atoms with van der Waals surface area (Å²) in [6.45, 7) is 2.30. The fourth-order valence-corrected chi connectivity index (χ4v) is 1.41. The lowest BCUT2D eigenvalue weighted by molar-refractivity contribution is -0.155. The normalized spacial score (nSPS) is 10.1. The monoisotopic (exact) mass is 293 g/mol. The summed E-state index contributed by atoms with van der Waals surface area (Å²) in [7, 11) is 0. The molecule has 0 radical (unpaired) electrons. The van der Waals surface area contributed by atoms with Crippen molar-refractivity contribution in [2.75, 3.05) is 19.8 Å². The van der Waals surface area contributed by atoms with Gasteiger partial charge in [0.25, 0.3) is 0 Å². The van der Waals surface area contributed by atoms with Crippen LogP contribution in [0.15, 0.2) is 0 Å². The highest BCUT2D eigenvalue weighted by Crippen LogP contribution is 2.26. The molecule has 7 N–H and O–H groups in total. The van der Waals surface area contributed by atoms with Crippen LogP contribution in [0.3, 0.4) is 0 Å². The molecule has 118 valence electrons. The molecule has 0 aromatic carbocycles. The van der Waals surface area contributed by atoms with Gasteiger partial charge in [-0.25, -0.2) is 0 Å². The predicted molar refractivity (Wildman–Crippen MR) is 70.0 cm³/mol. The van der Waals surface area contributed by atoms with E-state index in [1.165, 1.54) is 13.8 Å². The number of nitrogens with two attached hydrogens (primary N) is 3. The molecule has 0 saturated heterocycles. The van der Waals surface area contributed by atoms with Crippen LogP contribution in [0.4, 0.5) is 0 Å². The molecule has 0 amide bonds. The van der Waals surface area contributed by atoms with E-state index >= 15 is 0 Å². The summed E-state index contributed by atoms with van der Waals surface area (Å²) < 4.78 is 9.42. The fourth-order valence-electron chi connectivity index (χ4n) is 1.41. The number of esters is 2. The van der Waals surface area contributed by atoms with Crippen molar-refractivity contribution in [1.82, 2.24) is 0 Å². The van der Waals surface area contributed by atoms with Crippen LogP contribution in [0.25, 0.3) is 0 Å². The molecule has 0 bridgehead atoms. The third-order valence-electron chi connectivity index (χ3n) is 2.62. The number of carboxylic acid groups (broad SMARTS) is 1. The molecule has 9 heteroatoms. The first-order valence-electron chi connectivity index (χ1n) is 5.87. The second-order valence-corrected chi connectivity index (χ2v) is 3.97. The Morgan fingerprint density at radius 2 is 1.35 bits per heavy atom. The van der Waals surface area contributed by atoms with Crippen molar-refractivity contribution < 1.29 is 29.0 Å². The van der Waals surface area contributed by atoms with Crippen LogP contribution in [0.5, 0.6) is 0 Å². The summed E-state index contributed by atoms with van der Waals surface area (Å²) in [5.41, 5.74) is 4.24. The van der Waals surface area contributed by atoms with Crippen LogP contribution in [0.2, 0.25) is 0 Å². The maximum absolute atomic E-state index is 11.2. The molecule has 0 rings (SSSR count). The van der Waals surface area contributed by atoms with Crippen molar-refractivity contribution in [2.45, 2.75) is 26.7 Å². The highest BCUT2D eigenvalue weighted by molar-refractivity contribution is 5.75. The Kier molecular flexibility index (Phi) is 11.5. The van der Waals surface area contributed by atoms with E-state index in [0.29, 0.717) is 0 Å². The zero-order valence-corrected chi connectivity index (χ0v) is 11.8. The molecule has 0 spiro atoms. The third kappa shape index (κ3) is 8.40.